The molecule has 0 atom stereocenters. The quantitative estimate of drug-likeness (QED) is 0.549. The van der Waals surface area contributed by atoms with Crippen molar-refractivity contribution in [3.05, 3.63) is 23.8 Å². The van der Waals surface area contributed by atoms with Crippen LogP contribution in [0.15, 0.2) is 23.8 Å². The normalized spacial score (nSPS) is 22.8. The smallest absolute Gasteiger partial charge is 0.0282 e. The first-order valence-corrected chi connectivity index (χ1v) is 6.29. The molecule has 0 aromatic carbocycles. The maximum Gasteiger partial charge on any atom is -0.0282 e. The van der Waals surface area contributed by atoms with Crippen molar-refractivity contribution < 1.29 is 0 Å². The van der Waals surface area contributed by atoms with Crippen molar-refractivity contribution in [2.45, 2.75) is 64.7 Å². The van der Waals surface area contributed by atoms with E-state index in [0.29, 0.717) is 0 Å². The number of unbranched alkanes of at least 4 members (excludes halogenated alkanes) is 2. The highest BCUT2D eigenvalue weighted by atomic mass is 14.0. The second-order valence-corrected chi connectivity index (χ2v) is 4.28. The van der Waals surface area contributed by atoms with Crippen LogP contribution in [0.5, 0.6) is 0 Å². The van der Waals surface area contributed by atoms with Gasteiger partial charge in [-0.25, -0.2) is 0 Å². The minimum Gasteiger partial charge on any atom is -0.0843 e. The van der Waals surface area contributed by atoms with Crippen LogP contribution in [0.3, 0.4) is 0 Å². The van der Waals surface area contributed by atoms with Crippen LogP contribution in [0.25, 0.3) is 0 Å². The third kappa shape index (κ3) is 5.26. The Kier molecular flexibility index (Phi) is 6.47. The van der Waals surface area contributed by atoms with E-state index in [0.717, 1.165) is 0 Å². The summed E-state index contributed by atoms with van der Waals surface area (Å²) in [5.74, 6) is 0. The lowest BCUT2D eigenvalue weighted by Gasteiger charge is -2.07. The van der Waals surface area contributed by atoms with Gasteiger partial charge in [-0.3, -0.25) is 0 Å². The molecular weight excluding hydrogens is 168 g/mol. The van der Waals surface area contributed by atoms with Crippen molar-refractivity contribution in [1.82, 2.24) is 0 Å². The highest BCUT2D eigenvalue weighted by molar-refractivity contribution is 5.18. The van der Waals surface area contributed by atoms with E-state index in [-0.39, 0.29) is 0 Å². The van der Waals surface area contributed by atoms with Gasteiger partial charge in [-0.1, -0.05) is 56.4 Å². The fraction of sp³-hybridized carbons (Fsp3) is 0.714. The van der Waals surface area contributed by atoms with E-state index in [1.807, 2.05) is 0 Å². The zero-order valence-electron chi connectivity index (χ0n) is 9.60. The predicted molar refractivity (Wildman–Crippen MR) is 64.5 cm³/mol. The summed E-state index contributed by atoms with van der Waals surface area (Å²) >= 11 is 0. The topological polar surface area (TPSA) is 0 Å². The Balaban J connectivity index is 2.28. The second kappa shape index (κ2) is 7.84. The third-order valence-electron chi connectivity index (χ3n) is 2.88. The Morgan fingerprint density at radius 3 is 2.93 bits per heavy atom. The van der Waals surface area contributed by atoms with Gasteiger partial charge in [-0.15, -0.1) is 0 Å². The first-order valence-electron chi connectivity index (χ1n) is 6.29. The Morgan fingerprint density at radius 1 is 1.21 bits per heavy atom. The molecule has 0 saturated heterocycles. The highest BCUT2D eigenvalue weighted by Gasteiger charge is 1.98. The van der Waals surface area contributed by atoms with Gasteiger partial charge < -0.3 is 0 Å². The Morgan fingerprint density at radius 2 is 2.07 bits per heavy atom. The maximum absolute atomic E-state index is 2.45. The molecule has 1 rings (SSSR count). The van der Waals surface area contributed by atoms with Gasteiger partial charge in [0.05, 0.1) is 0 Å². The van der Waals surface area contributed by atoms with E-state index in [1.54, 1.807) is 5.57 Å². The van der Waals surface area contributed by atoms with Gasteiger partial charge >= 0.3 is 0 Å². The van der Waals surface area contributed by atoms with Crippen LogP contribution in [0.4, 0.5) is 0 Å². The summed E-state index contributed by atoms with van der Waals surface area (Å²) in [6.45, 7) is 2.25. The summed E-state index contributed by atoms with van der Waals surface area (Å²) in [6, 6.07) is 0. The summed E-state index contributed by atoms with van der Waals surface area (Å²) < 4.78 is 0. The third-order valence-corrected chi connectivity index (χ3v) is 2.88. The zero-order valence-corrected chi connectivity index (χ0v) is 9.60. The molecule has 0 amide bonds. The number of hydrogen-bond donors (Lipinski definition) is 0. The maximum atomic E-state index is 2.45. The summed E-state index contributed by atoms with van der Waals surface area (Å²) in [4.78, 5) is 0. The molecule has 0 heteroatoms. The standard InChI is InChI=1S/C14H24/c1-2-3-4-8-11-14-12-9-6-5-7-10-13-14/h8,11-12H,2-7,9-10,13H2,1H3/b11-8+,14-12-. The first-order chi connectivity index (χ1) is 6.93. The van der Waals surface area contributed by atoms with E-state index in [9.17, 15) is 0 Å². The lowest BCUT2D eigenvalue weighted by Crippen LogP contribution is -1.87. The molecule has 0 spiro atoms. The van der Waals surface area contributed by atoms with Gasteiger partial charge in [0.15, 0.2) is 0 Å². The second-order valence-electron chi connectivity index (χ2n) is 4.28. The van der Waals surface area contributed by atoms with Crippen LogP contribution >= 0.6 is 0 Å². The lowest BCUT2D eigenvalue weighted by molar-refractivity contribution is 0.629. The number of allylic oxidation sites excluding steroid dienone is 4. The van der Waals surface area contributed by atoms with Gasteiger partial charge in [0.2, 0.25) is 0 Å². The fourth-order valence-corrected chi connectivity index (χ4v) is 1.92. The molecule has 0 unspecified atom stereocenters. The fourth-order valence-electron chi connectivity index (χ4n) is 1.92. The van der Waals surface area contributed by atoms with Crippen molar-refractivity contribution >= 4 is 0 Å². The van der Waals surface area contributed by atoms with Gasteiger partial charge in [0.25, 0.3) is 0 Å². The molecule has 0 bridgehead atoms. The summed E-state index contributed by atoms with van der Waals surface area (Å²) in [7, 11) is 0. The van der Waals surface area contributed by atoms with E-state index < -0.39 is 0 Å². The molecule has 0 heterocycles. The Labute approximate surface area is 89.1 Å². The van der Waals surface area contributed by atoms with Crippen molar-refractivity contribution in [3.63, 3.8) is 0 Å². The Bertz CT molecular complexity index is 186. The zero-order chi connectivity index (χ0) is 10.1. The highest BCUT2D eigenvalue weighted by Crippen LogP contribution is 2.18. The summed E-state index contributed by atoms with van der Waals surface area (Å²) in [5, 5.41) is 0. The van der Waals surface area contributed by atoms with Crippen molar-refractivity contribution in [2.24, 2.45) is 0 Å². The molecule has 0 aromatic heterocycles. The van der Waals surface area contributed by atoms with Gasteiger partial charge in [0.1, 0.15) is 0 Å². The molecule has 1 aliphatic rings. The molecule has 80 valence electrons. The van der Waals surface area contributed by atoms with Crippen LogP contribution in [-0.2, 0) is 0 Å². The monoisotopic (exact) mass is 192 g/mol. The van der Waals surface area contributed by atoms with Crippen molar-refractivity contribution in [2.75, 3.05) is 0 Å². The number of hydrogen-bond acceptors (Lipinski definition) is 0. The van der Waals surface area contributed by atoms with E-state index in [1.165, 1.54) is 57.8 Å². The van der Waals surface area contributed by atoms with E-state index >= 15 is 0 Å². The van der Waals surface area contributed by atoms with Crippen LogP contribution in [0.1, 0.15) is 64.7 Å². The SMILES string of the molecule is CCCC/C=C/C1=C/CCCCCC1. The lowest BCUT2D eigenvalue weighted by atomic mass is 9.99. The summed E-state index contributed by atoms with van der Waals surface area (Å²) in [6.07, 6.45) is 19.3. The minimum absolute atomic E-state index is 1.26. The molecule has 0 nitrogen and oxygen atoms in total. The largest absolute Gasteiger partial charge is 0.0843 e. The van der Waals surface area contributed by atoms with Gasteiger partial charge in [-0.05, 0) is 32.1 Å². The molecule has 0 radical (unpaired) electrons. The molecule has 14 heavy (non-hydrogen) atoms. The molecule has 0 aromatic rings. The minimum atomic E-state index is 1.26. The van der Waals surface area contributed by atoms with E-state index in [2.05, 4.69) is 25.2 Å². The Hall–Kier alpha value is -0.520. The van der Waals surface area contributed by atoms with Crippen LogP contribution < -0.4 is 0 Å². The molecule has 0 fully saturated rings. The van der Waals surface area contributed by atoms with Crippen molar-refractivity contribution in [3.8, 4) is 0 Å². The van der Waals surface area contributed by atoms with Gasteiger partial charge in [0, 0.05) is 0 Å². The average molecular weight is 192 g/mol. The first kappa shape index (κ1) is 11.6. The molecule has 0 saturated carbocycles. The molecule has 1 aliphatic carbocycles. The average Bonchev–Trinajstić information content (AvgIpc) is 2.15. The predicted octanol–water partition coefficient (Wildman–Crippen LogP) is 5.01. The van der Waals surface area contributed by atoms with E-state index in [4.69, 9.17) is 0 Å². The summed E-state index contributed by atoms with van der Waals surface area (Å²) in [5.41, 5.74) is 1.58. The molecule has 0 aliphatic heterocycles. The number of rotatable bonds is 4. The van der Waals surface area contributed by atoms with Crippen molar-refractivity contribution in [1.29, 1.82) is 0 Å². The molecule has 0 N–H and O–H groups in total. The van der Waals surface area contributed by atoms with Gasteiger partial charge in [-0.2, -0.15) is 0 Å². The molecular formula is C14H24. The van der Waals surface area contributed by atoms with Crippen LogP contribution in [0.2, 0.25) is 0 Å². The van der Waals surface area contributed by atoms with Crippen LogP contribution in [0, 0.1) is 0 Å². The van der Waals surface area contributed by atoms with Crippen LogP contribution in [-0.4, -0.2) is 0 Å².